The van der Waals surface area contributed by atoms with Crippen molar-refractivity contribution < 1.29 is 33.3 Å². The molecule has 0 atom stereocenters. The van der Waals surface area contributed by atoms with Crippen LogP contribution in [0.3, 0.4) is 0 Å². The Hall–Kier alpha value is -0.656. The van der Waals surface area contributed by atoms with Gasteiger partial charge in [0.15, 0.2) is 0 Å². The number of ether oxygens (including phenoxy) is 2. The second-order valence-corrected chi connectivity index (χ2v) is 21.8. The van der Waals surface area contributed by atoms with Crippen molar-refractivity contribution in [3.05, 3.63) is 59.7 Å². The molecule has 7 nitrogen and oxygen atoms in total. The van der Waals surface area contributed by atoms with Crippen molar-refractivity contribution in [3.8, 4) is 0 Å². The number of rotatable bonds is 6. The Morgan fingerprint density at radius 2 is 1.32 bits per heavy atom. The molecule has 4 aromatic rings. The summed E-state index contributed by atoms with van der Waals surface area (Å²) in [6.45, 7) is 4.24. The van der Waals surface area contributed by atoms with E-state index in [0.29, 0.717) is 43.8 Å². The molecule has 0 aliphatic heterocycles. The SMILES string of the molecule is CCOC(=O)c1c(N)sc2ccccc12.CCOC(=O)c1c(NC(=O)C2CC2)sc2ccccc12.CI.[I][V][I]. The van der Waals surface area contributed by atoms with Crippen LogP contribution in [0.15, 0.2) is 48.5 Å². The fourth-order valence-corrected chi connectivity index (χ4v) is 5.63. The Bertz CT molecular complexity index is 1430. The van der Waals surface area contributed by atoms with Gasteiger partial charge in [-0.2, -0.15) is 0 Å². The molecule has 0 saturated heterocycles. The van der Waals surface area contributed by atoms with Crippen molar-refractivity contribution in [2.24, 2.45) is 5.92 Å². The fourth-order valence-electron chi connectivity index (χ4n) is 3.58. The molecule has 1 aliphatic rings. The summed E-state index contributed by atoms with van der Waals surface area (Å²) in [5.41, 5.74) is 6.77. The molecule has 40 heavy (non-hydrogen) atoms. The maximum absolute atomic E-state index is 12.1. The maximum atomic E-state index is 12.1. The van der Waals surface area contributed by atoms with Crippen LogP contribution in [0.2, 0.25) is 0 Å². The number of anilines is 2. The number of carbonyl (C=O) groups is 3. The van der Waals surface area contributed by atoms with Crippen molar-refractivity contribution in [2.45, 2.75) is 26.7 Å². The van der Waals surface area contributed by atoms with Crippen molar-refractivity contribution in [1.29, 1.82) is 0 Å². The third-order valence-corrected chi connectivity index (χ3v) is 7.45. The molecule has 0 radical (unpaired) electrons. The van der Waals surface area contributed by atoms with E-state index in [1.54, 1.807) is 13.8 Å². The Morgan fingerprint density at radius 3 is 1.82 bits per heavy atom. The fraction of sp³-hybridized carbons (Fsp3) is 0.296. The van der Waals surface area contributed by atoms with E-state index >= 15 is 0 Å². The Kier molecular flexibility index (Phi) is 16.7. The van der Waals surface area contributed by atoms with Gasteiger partial charge < -0.3 is 20.5 Å². The molecule has 215 valence electrons. The molecule has 0 bridgehead atoms. The van der Waals surface area contributed by atoms with Crippen LogP contribution in [0.1, 0.15) is 47.4 Å². The number of alkyl halides is 1. The summed E-state index contributed by atoms with van der Waals surface area (Å²) in [6.07, 6.45) is 1.87. The van der Waals surface area contributed by atoms with E-state index < -0.39 is 0 Å². The molecule has 0 spiro atoms. The third-order valence-electron chi connectivity index (χ3n) is 5.36. The zero-order chi connectivity index (χ0) is 29.7. The summed E-state index contributed by atoms with van der Waals surface area (Å²) >= 11 is 9.72. The number of nitrogens with two attached hydrogens (primary N) is 1. The molecule has 5 rings (SSSR count). The predicted octanol–water partition coefficient (Wildman–Crippen LogP) is 8.91. The van der Waals surface area contributed by atoms with Gasteiger partial charge in [-0.1, -0.05) is 59.0 Å². The van der Waals surface area contributed by atoms with Crippen molar-refractivity contribution >= 4 is 133 Å². The van der Waals surface area contributed by atoms with Crippen molar-refractivity contribution in [1.82, 2.24) is 0 Å². The monoisotopic (exact) mass is 957 g/mol. The van der Waals surface area contributed by atoms with Gasteiger partial charge in [-0.05, 0) is 43.8 Å². The Labute approximate surface area is 284 Å². The number of benzene rings is 2. The number of carbonyl (C=O) groups excluding carboxylic acids is 3. The van der Waals surface area contributed by atoms with Gasteiger partial charge in [-0.3, -0.25) is 4.79 Å². The van der Waals surface area contributed by atoms with Gasteiger partial charge >= 0.3 is 61.4 Å². The quantitative estimate of drug-likeness (QED) is 0.114. The molecule has 1 fully saturated rings. The van der Waals surface area contributed by atoms with Gasteiger partial charge in [0, 0.05) is 26.1 Å². The Balaban J connectivity index is 0.000000249. The van der Waals surface area contributed by atoms with Crippen molar-refractivity contribution in [2.75, 3.05) is 29.2 Å². The van der Waals surface area contributed by atoms with Gasteiger partial charge in [0.1, 0.15) is 21.1 Å². The van der Waals surface area contributed by atoms with Crippen LogP contribution < -0.4 is 11.1 Å². The van der Waals surface area contributed by atoms with E-state index in [9.17, 15) is 14.4 Å². The molecule has 1 aliphatic carbocycles. The zero-order valence-corrected chi connectivity index (χ0v) is 31.5. The van der Waals surface area contributed by atoms with Crippen LogP contribution in [-0.4, -0.2) is 36.0 Å². The molecule has 1 saturated carbocycles. The summed E-state index contributed by atoms with van der Waals surface area (Å²) in [5, 5.41) is 5.71. The zero-order valence-electron chi connectivity index (χ0n) is 22.0. The first-order chi connectivity index (χ1) is 19.4. The van der Waals surface area contributed by atoms with Crippen LogP contribution in [0.5, 0.6) is 0 Å². The van der Waals surface area contributed by atoms with Gasteiger partial charge in [-0.15, -0.1) is 22.7 Å². The normalized spacial score (nSPS) is 11.6. The first kappa shape index (κ1) is 35.5. The van der Waals surface area contributed by atoms with Crippen molar-refractivity contribution in [3.63, 3.8) is 0 Å². The van der Waals surface area contributed by atoms with Gasteiger partial charge in [-0.25, -0.2) is 9.59 Å². The van der Waals surface area contributed by atoms with E-state index in [2.05, 4.69) is 67.9 Å². The summed E-state index contributed by atoms with van der Waals surface area (Å²) in [7, 11) is 0.628. The topological polar surface area (TPSA) is 108 Å². The van der Waals surface area contributed by atoms with Crippen LogP contribution in [0.25, 0.3) is 20.2 Å². The number of nitrogen functional groups attached to an aromatic ring is 1. The minimum absolute atomic E-state index is 0.00195. The van der Waals surface area contributed by atoms with Crippen LogP contribution in [0.4, 0.5) is 10.0 Å². The number of hydrogen-bond donors (Lipinski definition) is 2. The summed E-state index contributed by atoms with van der Waals surface area (Å²) in [6, 6.07) is 15.3. The third kappa shape index (κ3) is 9.97. The molecule has 2 aromatic heterocycles. The number of esters is 2. The molecule has 3 N–H and O–H groups in total. The standard InChI is InChI=1S/C15H15NO3S.C11H11NO2S.CH3I.2HI.V/c1-2-19-15(18)12-10-5-3-4-6-11(10)20-14(12)16-13(17)9-7-8-9;1-2-14-11(13)9-7-5-3-4-6-8(7)15-10(9)12;1-2;;;/h3-6,9H,2,7-8H2,1H3,(H,16,17);3-6H,2,12H2,1H3;1H3;2*1H;/q;;;;;+2/p-2. The number of nitrogens with one attached hydrogen (secondary N) is 1. The Morgan fingerprint density at radius 1 is 0.875 bits per heavy atom. The van der Waals surface area contributed by atoms with Gasteiger partial charge in [0.25, 0.3) is 0 Å². The second-order valence-electron chi connectivity index (χ2n) is 7.91. The average molecular weight is 957 g/mol. The first-order valence-corrected chi connectivity index (χ1v) is 24.9. The molecule has 2 heterocycles. The van der Waals surface area contributed by atoms with Crippen LogP contribution in [0, 0.1) is 5.92 Å². The number of hydrogen-bond acceptors (Lipinski definition) is 8. The molecule has 2 aromatic carbocycles. The number of thiophene rings is 2. The van der Waals surface area contributed by atoms with Gasteiger partial charge in [0.05, 0.1) is 13.2 Å². The molecule has 1 amide bonds. The number of amides is 1. The van der Waals surface area contributed by atoms with Crippen LogP contribution >= 0.6 is 85.2 Å². The van der Waals surface area contributed by atoms with Crippen LogP contribution in [-0.2, 0) is 23.7 Å². The van der Waals surface area contributed by atoms with E-state index in [1.165, 1.54) is 22.7 Å². The summed E-state index contributed by atoms with van der Waals surface area (Å²) < 4.78 is 12.1. The van der Waals surface area contributed by atoms with E-state index in [4.69, 9.17) is 15.2 Å². The van der Waals surface area contributed by atoms with E-state index in [-0.39, 0.29) is 23.8 Å². The predicted molar refractivity (Wildman–Crippen MR) is 189 cm³/mol. The summed E-state index contributed by atoms with van der Waals surface area (Å²) in [5.74, 6) is -0.610. The number of fused-ring (bicyclic) bond motifs is 2. The van der Waals surface area contributed by atoms with Gasteiger partial charge in [0.2, 0.25) is 5.91 Å². The first-order valence-electron chi connectivity index (χ1n) is 12.1. The molecular weight excluding hydrogens is 928 g/mol. The summed E-state index contributed by atoms with van der Waals surface area (Å²) in [4.78, 5) is 37.7. The molecule has 13 heteroatoms. The second kappa shape index (κ2) is 18.8. The minimum atomic E-state index is -0.379. The molecule has 0 unspecified atom stereocenters. The number of halogens is 3. The average Bonchev–Trinajstić information content (AvgIpc) is 3.65. The molecular formula is C27H29I3N2O5S2V. The van der Waals surface area contributed by atoms with E-state index in [1.807, 2.05) is 53.5 Å². The van der Waals surface area contributed by atoms with E-state index in [0.717, 1.165) is 33.0 Å².